The van der Waals surface area contributed by atoms with Crippen LogP contribution in [0.1, 0.15) is 55.5 Å². The lowest BCUT2D eigenvalue weighted by Gasteiger charge is -2.21. The molecule has 0 radical (unpaired) electrons. The minimum absolute atomic E-state index is 0.103. The van der Waals surface area contributed by atoms with Crippen molar-refractivity contribution in [2.24, 2.45) is 0 Å². The van der Waals surface area contributed by atoms with Crippen molar-refractivity contribution in [2.75, 3.05) is 0 Å². The van der Waals surface area contributed by atoms with E-state index in [1.165, 1.54) is 16.6 Å². The number of hydrogen-bond donors (Lipinski definition) is 1. The Labute approximate surface area is 159 Å². The molecule has 0 aliphatic rings. The molecule has 140 valence electrons. The smallest absolute Gasteiger partial charge is 0.245 e. The Morgan fingerprint density at radius 1 is 1.00 bits per heavy atom. The summed E-state index contributed by atoms with van der Waals surface area (Å²) in [4.78, 5) is 13.0. The van der Waals surface area contributed by atoms with E-state index in [4.69, 9.17) is 0 Å². The van der Waals surface area contributed by atoms with E-state index in [2.05, 4.69) is 59.0 Å². The minimum Gasteiger partial charge on any atom is -0.348 e. The van der Waals surface area contributed by atoms with Gasteiger partial charge < -0.3 is 5.32 Å². The third-order valence-electron chi connectivity index (χ3n) is 4.72. The molecule has 6 nitrogen and oxygen atoms in total. The molecule has 0 aliphatic heterocycles. The van der Waals surface area contributed by atoms with Gasteiger partial charge in [-0.15, -0.1) is 5.10 Å². The van der Waals surface area contributed by atoms with Crippen LogP contribution in [0.5, 0.6) is 0 Å². The van der Waals surface area contributed by atoms with Crippen LogP contribution >= 0.6 is 0 Å². The maximum Gasteiger partial charge on any atom is 0.245 e. The van der Waals surface area contributed by atoms with Crippen LogP contribution in [0.15, 0.2) is 60.9 Å². The molecule has 1 N–H and O–H groups in total. The third kappa shape index (κ3) is 4.78. The van der Waals surface area contributed by atoms with Crippen LogP contribution in [0.2, 0.25) is 0 Å². The van der Waals surface area contributed by atoms with Gasteiger partial charge >= 0.3 is 0 Å². The predicted molar refractivity (Wildman–Crippen MR) is 104 cm³/mol. The van der Waals surface area contributed by atoms with Crippen LogP contribution < -0.4 is 5.32 Å². The largest absolute Gasteiger partial charge is 0.348 e. The Balaban J connectivity index is 1.73. The fourth-order valence-electron chi connectivity index (χ4n) is 3.02. The van der Waals surface area contributed by atoms with E-state index in [1.54, 1.807) is 0 Å². The molecular weight excluding hydrogens is 338 g/mol. The Morgan fingerprint density at radius 2 is 1.67 bits per heavy atom. The van der Waals surface area contributed by atoms with E-state index in [0.717, 1.165) is 11.1 Å². The second kappa shape index (κ2) is 8.58. The SMILES string of the molecule is CC(C)c1ccc([C@H](C)NC(=O)[C@H](Cc2ccccc2)n2cnnn2)cc1. The van der Waals surface area contributed by atoms with E-state index < -0.39 is 6.04 Å². The summed E-state index contributed by atoms with van der Waals surface area (Å²) in [6.45, 7) is 6.32. The van der Waals surface area contributed by atoms with E-state index >= 15 is 0 Å². The molecule has 0 aliphatic carbocycles. The van der Waals surface area contributed by atoms with Crippen LogP contribution in [-0.2, 0) is 11.2 Å². The summed E-state index contributed by atoms with van der Waals surface area (Å²) in [5.74, 6) is 0.380. The second-order valence-electron chi connectivity index (χ2n) is 7.05. The van der Waals surface area contributed by atoms with E-state index in [1.807, 2.05) is 37.3 Å². The zero-order chi connectivity index (χ0) is 19.2. The molecule has 0 fully saturated rings. The molecule has 0 saturated heterocycles. The Hall–Kier alpha value is -3.02. The fourth-order valence-corrected chi connectivity index (χ4v) is 3.02. The number of amides is 1. The number of tetrazole rings is 1. The highest BCUT2D eigenvalue weighted by atomic mass is 16.2. The topological polar surface area (TPSA) is 72.7 Å². The Kier molecular flexibility index (Phi) is 5.96. The van der Waals surface area contributed by atoms with Crippen molar-refractivity contribution >= 4 is 5.91 Å². The molecule has 0 bridgehead atoms. The van der Waals surface area contributed by atoms with Crippen molar-refractivity contribution in [1.82, 2.24) is 25.5 Å². The molecule has 2 aromatic carbocycles. The normalized spacial score (nSPS) is 13.3. The molecule has 0 unspecified atom stereocenters. The van der Waals surface area contributed by atoms with Crippen molar-refractivity contribution in [2.45, 2.75) is 45.2 Å². The number of nitrogens with zero attached hydrogens (tertiary/aromatic N) is 4. The van der Waals surface area contributed by atoms with Crippen LogP contribution in [-0.4, -0.2) is 26.1 Å². The van der Waals surface area contributed by atoms with Gasteiger partial charge in [0.05, 0.1) is 6.04 Å². The lowest BCUT2D eigenvalue weighted by atomic mass is 9.99. The van der Waals surface area contributed by atoms with Gasteiger partial charge in [-0.1, -0.05) is 68.4 Å². The summed E-state index contributed by atoms with van der Waals surface area (Å²) in [5.41, 5.74) is 3.41. The quantitative estimate of drug-likeness (QED) is 0.698. The summed E-state index contributed by atoms with van der Waals surface area (Å²) in [5, 5.41) is 14.4. The molecule has 2 atom stereocenters. The number of rotatable bonds is 7. The van der Waals surface area contributed by atoms with Crippen LogP contribution in [0.4, 0.5) is 0 Å². The van der Waals surface area contributed by atoms with Gasteiger partial charge in [0.25, 0.3) is 0 Å². The highest BCUT2D eigenvalue weighted by Gasteiger charge is 2.24. The van der Waals surface area contributed by atoms with Gasteiger partial charge in [0, 0.05) is 6.42 Å². The summed E-state index contributed by atoms with van der Waals surface area (Å²) in [6.07, 6.45) is 2.01. The number of carbonyl (C=O) groups excluding carboxylic acids is 1. The van der Waals surface area contributed by atoms with Gasteiger partial charge in [-0.3, -0.25) is 4.79 Å². The van der Waals surface area contributed by atoms with Gasteiger partial charge in [0.1, 0.15) is 12.4 Å². The summed E-state index contributed by atoms with van der Waals surface area (Å²) >= 11 is 0. The van der Waals surface area contributed by atoms with Crippen molar-refractivity contribution < 1.29 is 4.79 Å². The van der Waals surface area contributed by atoms with Crippen molar-refractivity contribution in [3.63, 3.8) is 0 Å². The number of carbonyl (C=O) groups is 1. The molecule has 6 heteroatoms. The zero-order valence-electron chi connectivity index (χ0n) is 15.9. The molecule has 0 spiro atoms. The first kappa shape index (κ1) is 18.8. The first-order valence-electron chi connectivity index (χ1n) is 9.21. The van der Waals surface area contributed by atoms with E-state index in [9.17, 15) is 4.79 Å². The average Bonchev–Trinajstić information content (AvgIpc) is 3.21. The molecule has 3 aromatic rings. The zero-order valence-corrected chi connectivity index (χ0v) is 15.9. The third-order valence-corrected chi connectivity index (χ3v) is 4.72. The van der Waals surface area contributed by atoms with E-state index in [0.29, 0.717) is 12.3 Å². The highest BCUT2D eigenvalue weighted by molar-refractivity contribution is 5.80. The molecule has 27 heavy (non-hydrogen) atoms. The second-order valence-corrected chi connectivity index (χ2v) is 7.05. The number of aromatic nitrogens is 4. The predicted octanol–water partition coefficient (Wildman–Crippen LogP) is 3.46. The summed E-state index contributed by atoms with van der Waals surface area (Å²) < 4.78 is 1.51. The standard InChI is InChI=1S/C21H25N5O/c1-15(2)18-9-11-19(12-10-18)16(3)23-21(27)20(26-14-22-24-25-26)13-17-7-5-4-6-8-17/h4-12,14-16,20H,13H2,1-3H3,(H,23,27)/t16-,20-/m0/s1. The van der Waals surface area contributed by atoms with Gasteiger partial charge in [0.2, 0.25) is 5.91 Å². The minimum atomic E-state index is -0.500. The van der Waals surface area contributed by atoms with Crippen molar-refractivity contribution in [3.8, 4) is 0 Å². The fraction of sp³-hybridized carbons (Fsp3) is 0.333. The first-order chi connectivity index (χ1) is 13.0. The van der Waals surface area contributed by atoms with Crippen LogP contribution in [0.25, 0.3) is 0 Å². The summed E-state index contributed by atoms with van der Waals surface area (Å²) in [6, 6.07) is 17.7. The lowest BCUT2D eigenvalue weighted by molar-refractivity contribution is -0.125. The summed E-state index contributed by atoms with van der Waals surface area (Å²) in [7, 11) is 0. The van der Waals surface area contributed by atoms with Crippen LogP contribution in [0.3, 0.4) is 0 Å². The van der Waals surface area contributed by atoms with Crippen molar-refractivity contribution in [3.05, 3.63) is 77.6 Å². The van der Waals surface area contributed by atoms with Gasteiger partial charge in [-0.25, -0.2) is 4.68 Å². The highest BCUT2D eigenvalue weighted by Crippen LogP contribution is 2.20. The molecule has 1 heterocycles. The average molecular weight is 363 g/mol. The molecule has 1 amide bonds. The van der Waals surface area contributed by atoms with Crippen LogP contribution in [0, 0.1) is 0 Å². The first-order valence-corrected chi connectivity index (χ1v) is 9.21. The Bertz CT molecular complexity index is 844. The molecule has 3 rings (SSSR count). The number of benzene rings is 2. The number of nitrogens with one attached hydrogen (secondary N) is 1. The van der Waals surface area contributed by atoms with Gasteiger partial charge in [-0.05, 0) is 40.0 Å². The van der Waals surface area contributed by atoms with Gasteiger partial charge in [0.15, 0.2) is 0 Å². The van der Waals surface area contributed by atoms with E-state index in [-0.39, 0.29) is 11.9 Å². The maximum atomic E-state index is 13.0. The van der Waals surface area contributed by atoms with Gasteiger partial charge in [-0.2, -0.15) is 0 Å². The monoisotopic (exact) mass is 363 g/mol. The maximum absolute atomic E-state index is 13.0. The molecule has 1 aromatic heterocycles. The molecule has 0 saturated carbocycles. The lowest BCUT2D eigenvalue weighted by Crippen LogP contribution is -2.35. The van der Waals surface area contributed by atoms with Crippen molar-refractivity contribution in [1.29, 1.82) is 0 Å². The molecular formula is C21H25N5O. The Morgan fingerprint density at radius 3 is 2.26 bits per heavy atom. The number of hydrogen-bond acceptors (Lipinski definition) is 4.